The third-order valence-corrected chi connectivity index (χ3v) is 5.55. The Labute approximate surface area is 182 Å². The number of oxazole rings is 1. The molecule has 0 saturated carbocycles. The van der Waals surface area contributed by atoms with Crippen molar-refractivity contribution in [1.82, 2.24) is 19.7 Å². The average molecular weight is 441 g/mol. The van der Waals surface area contributed by atoms with Crippen LogP contribution in [0.1, 0.15) is 11.3 Å². The number of hydrogen-bond acceptors (Lipinski definition) is 7. The predicted molar refractivity (Wildman–Crippen MR) is 114 cm³/mol. The van der Waals surface area contributed by atoms with Crippen molar-refractivity contribution < 1.29 is 13.9 Å². The third kappa shape index (κ3) is 4.72. The van der Waals surface area contributed by atoms with E-state index in [0.29, 0.717) is 21.8 Å². The van der Waals surface area contributed by atoms with Crippen molar-refractivity contribution in [2.24, 2.45) is 0 Å². The van der Waals surface area contributed by atoms with Crippen molar-refractivity contribution in [3.8, 4) is 17.1 Å². The lowest BCUT2D eigenvalue weighted by Crippen LogP contribution is -2.08. The molecule has 152 valence electrons. The molecule has 0 radical (unpaired) electrons. The Morgan fingerprint density at radius 2 is 2.07 bits per heavy atom. The Balaban J connectivity index is 1.32. The molecule has 0 aliphatic rings. The monoisotopic (exact) mass is 440 g/mol. The zero-order valence-corrected chi connectivity index (χ0v) is 17.6. The highest BCUT2D eigenvalue weighted by molar-refractivity contribution is 7.99. The summed E-state index contributed by atoms with van der Waals surface area (Å²) in [4.78, 5) is 16.5. The van der Waals surface area contributed by atoms with E-state index in [-0.39, 0.29) is 18.3 Å². The van der Waals surface area contributed by atoms with Gasteiger partial charge in [0.05, 0.1) is 11.4 Å². The Morgan fingerprint density at radius 3 is 2.87 bits per heavy atom. The highest BCUT2D eigenvalue weighted by atomic mass is 35.5. The predicted octanol–water partition coefficient (Wildman–Crippen LogP) is 4.72. The summed E-state index contributed by atoms with van der Waals surface area (Å²) in [5.74, 6) is 0.184. The van der Waals surface area contributed by atoms with Gasteiger partial charge in [-0.15, -0.1) is 10.2 Å². The van der Waals surface area contributed by atoms with Crippen LogP contribution in [-0.2, 0) is 16.1 Å². The van der Waals surface area contributed by atoms with Crippen LogP contribution >= 0.6 is 23.4 Å². The highest BCUT2D eigenvalue weighted by Gasteiger charge is 2.13. The first-order valence-corrected chi connectivity index (χ1v) is 10.4. The van der Waals surface area contributed by atoms with Crippen LogP contribution in [0.4, 0.5) is 0 Å². The van der Waals surface area contributed by atoms with E-state index in [4.69, 9.17) is 20.8 Å². The summed E-state index contributed by atoms with van der Waals surface area (Å²) in [7, 11) is 0. The van der Waals surface area contributed by atoms with Gasteiger partial charge in [-0.05, 0) is 36.8 Å². The number of benzene rings is 2. The number of rotatable bonds is 7. The summed E-state index contributed by atoms with van der Waals surface area (Å²) in [5, 5.41) is 9.22. The Kier molecular flexibility index (Phi) is 6.15. The van der Waals surface area contributed by atoms with Gasteiger partial charge in [0.15, 0.2) is 5.16 Å². The van der Waals surface area contributed by atoms with Gasteiger partial charge in [-0.3, -0.25) is 9.36 Å². The lowest BCUT2D eigenvalue weighted by Gasteiger charge is -2.07. The molecule has 0 bridgehead atoms. The van der Waals surface area contributed by atoms with Crippen molar-refractivity contribution in [3.05, 3.63) is 77.4 Å². The molecule has 0 unspecified atom stereocenters. The van der Waals surface area contributed by atoms with E-state index in [1.807, 2.05) is 55.5 Å². The van der Waals surface area contributed by atoms with Crippen molar-refractivity contribution in [3.63, 3.8) is 0 Å². The smallest absolute Gasteiger partial charge is 0.316 e. The molecule has 0 amide bonds. The second-order valence-electron chi connectivity index (χ2n) is 6.38. The van der Waals surface area contributed by atoms with Gasteiger partial charge in [-0.25, -0.2) is 4.98 Å². The minimum atomic E-state index is -0.388. The van der Waals surface area contributed by atoms with Crippen molar-refractivity contribution in [2.75, 3.05) is 5.75 Å². The van der Waals surface area contributed by atoms with Crippen LogP contribution in [0.5, 0.6) is 0 Å². The molecule has 0 aliphatic carbocycles. The number of ether oxygens (including phenoxy) is 1. The lowest BCUT2D eigenvalue weighted by molar-refractivity contribution is -0.141. The standard InChI is InChI=1S/C21H17ClN4O3S/c1-14-7-8-17(9-18(14)22)26-13-23-25-21(26)30-12-19(27)28-10-16-11-29-20(24-16)15-5-3-2-4-6-15/h2-9,11,13H,10,12H2,1H3. The van der Waals surface area contributed by atoms with Crippen molar-refractivity contribution in [2.45, 2.75) is 18.7 Å². The fourth-order valence-electron chi connectivity index (χ4n) is 2.64. The summed E-state index contributed by atoms with van der Waals surface area (Å²) in [6.07, 6.45) is 3.07. The second kappa shape index (κ2) is 9.15. The number of halogens is 1. The Morgan fingerprint density at radius 1 is 1.23 bits per heavy atom. The zero-order chi connectivity index (χ0) is 20.9. The van der Waals surface area contributed by atoms with Crippen LogP contribution in [0.15, 0.2) is 70.7 Å². The van der Waals surface area contributed by atoms with E-state index in [0.717, 1.165) is 16.8 Å². The van der Waals surface area contributed by atoms with Gasteiger partial charge in [0.25, 0.3) is 0 Å². The van der Waals surface area contributed by atoms with Gasteiger partial charge in [0, 0.05) is 10.6 Å². The van der Waals surface area contributed by atoms with Gasteiger partial charge >= 0.3 is 5.97 Å². The van der Waals surface area contributed by atoms with E-state index >= 15 is 0 Å². The average Bonchev–Trinajstić information content (AvgIpc) is 3.43. The van der Waals surface area contributed by atoms with E-state index in [2.05, 4.69) is 15.2 Å². The maximum absolute atomic E-state index is 12.2. The normalized spacial score (nSPS) is 10.9. The third-order valence-electron chi connectivity index (χ3n) is 4.22. The van der Waals surface area contributed by atoms with E-state index < -0.39 is 0 Å². The number of esters is 1. The molecule has 0 spiro atoms. The van der Waals surface area contributed by atoms with E-state index in [1.165, 1.54) is 18.0 Å². The fourth-order valence-corrected chi connectivity index (χ4v) is 3.54. The van der Waals surface area contributed by atoms with Gasteiger partial charge in [-0.2, -0.15) is 0 Å². The number of thioether (sulfide) groups is 1. The highest BCUT2D eigenvalue weighted by Crippen LogP contribution is 2.24. The van der Waals surface area contributed by atoms with Gasteiger partial charge in [0.1, 0.15) is 24.9 Å². The molecule has 30 heavy (non-hydrogen) atoms. The van der Waals surface area contributed by atoms with Crippen LogP contribution < -0.4 is 0 Å². The van der Waals surface area contributed by atoms with Gasteiger partial charge in [-0.1, -0.05) is 47.6 Å². The summed E-state index contributed by atoms with van der Waals surface area (Å²) in [6, 6.07) is 15.2. The summed E-state index contributed by atoms with van der Waals surface area (Å²) in [6.45, 7) is 1.97. The summed E-state index contributed by atoms with van der Waals surface area (Å²) in [5.41, 5.74) is 3.21. The molecule has 0 atom stereocenters. The maximum atomic E-state index is 12.2. The molecule has 7 nitrogen and oxygen atoms in total. The van der Waals surface area contributed by atoms with Crippen molar-refractivity contribution in [1.29, 1.82) is 0 Å². The number of carbonyl (C=O) groups is 1. The summed E-state index contributed by atoms with van der Waals surface area (Å²) < 4.78 is 12.5. The van der Waals surface area contributed by atoms with Crippen LogP contribution in [0.3, 0.4) is 0 Å². The quantitative estimate of drug-likeness (QED) is 0.303. The minimum Gasteiger partial charge on any atom is -0.458 e. The molecule has 0 aliphatic heterocycles. The molecule has 0 N–H and O–H groups in total. The Bertz CT molecular complexity index is 1160. The molecule has 0 saturated heterocycles. The molecule has 4 aromatic rings. The largest absolute Gasteiger partial charge is 0.458 e. The van der Waals surface area contributed by atoms with Gasteiger partial charge < -0.3 is 9.15 Å². The van der Waals surface area contributed by atoms with Crippen LogP contribution in [-0.4, -0.2) is 31.5 Å². The molecular formula is C21H17ClN4O3S. The number of aryl methyl sites for hydroxylation is 1. The zero-order valence-electron chi connectivity index (χ0n) is 16.0. The number of hydrogen-bond donors (Lipinski definition) is 0. The molecule has 2 aromatic carbocycles. The first-order valence-electron chi connectivity index (χ1n) is 9.05. The number of aromatic nitrogens is 4. The second-order valence-corrected chi connectivity index (χ2v) is 7.73. The van der Waals surface area contributed by atoms with E-state index in [1.54, 1.807) is 10.9 Å². The molecule has 9 heteroatoms. The fraction of sp³-hybridized carbons (Fsp3) is 0.143. The van der Waals surface area contributed by atoms with Crippen LogP contribution in [0.25, 0.3) is 17.1 Å². The van der Waals surface area contributed by atoms with Crippen molar-refractivity contribution >= 4 is 29.3 Å². The molecule has 0 fully saturated rings. The van der Waals surface area contributed by atoms with Gasteiger partial charge in [0.2, 0.25) is 5.89 Å². The molecule has 2 aromatic heterocycles. The first-order chi connectivity index (χ1) is 14.6. The molecule has 2 heterocycles. The maximum Gasteiger partial charge on any atom is 0.316 e. The SMILES string of the molecule is Cc1ccc(-n2cnnc2SCC(=O)OCc2coc(-c3ccccc3)n2)cc1Cl. The molecular weight excluding hydrogens is 424 g/mol. The summed E-state index contributed by atoms with van der Waals surface area (Å²) >= 11 is 7.43. The number of nitrogens with zero attached hydrogens (tertiary/aromatic N) is 4. The van der Waals surface area contributed by atoms with Crippen LogP contribution in [0, 0.1) is 6.92 Å². The van der Waals surface area contributed by atoms with Crippen LogP contribution in [0.2, 0.25) is 5.02 Å². The minimum absolute atomic E-state index is 0.0377. The first kappa shape index (κ1) is 20.2. The van der Waals surface area contributed by atoms with E-state index in [9.17, 15) is 4.79 Å². The number of carbonyl (C=O) groups excluding carboxylic acids is 1. The topological polar surface area (TPSA) is 83.0 Å². The molecule has 4 rings (SSSR count). The lowest BCUT2D eigenvalue weighted by atomic mass is 10.2. The Hall–Kier alpha value is -3.10.